The van der Waals surface area contributed by atoms with Gasteiger partial charge in [-0.1, -0.05) is 6.07 Å². The van der Waals surface area contributed by atoms with Gasteiger partial charge >= 0.3 is 0 Å². The first-order valence-corrected chi connectivity index (χ1v) is 11.3. The van der Waals surface area contributed by atoms with Gasteiger partial charge in [-0.15, -0.1) is 11.3 Å². The number of aromatic nitrogens is 3. The van der Waals surface area contributed by atoms with Crippen LogP contribution >= 0.6 is 27.3 Å². The number of anilines is 2. The molecule has 0 aliphatic rings. The van der Waals surface area contributed by atoms with Crippen LogP contribution in [-0.2, 0) is 6.42 Å². The van der Waals surface area contributed by atoms with E-state index in [-0.39, 0.29) is 5.91 Å². The molecule has 0 aliphatic heterocycles. The van der Waals surface area contributed by atoms with Crippen LogP contribution in [0, 0.1) is 0 Å². The molecule has 31 heavy (non-hydrogen) atoms. The molecule has 0 fully saturated rings. The Morgan fingerprint density at radius 1 is 1.03 bits per heavy atom. The number of thiophene rings is 1. The van der Waals surface area contributed by atoms with Gasteiger partial charge in [0.2, 0.25) is 5.95 Å². The molecule has 0 aliphatic carbocycles. The molecule has 3 heterocycles. The van der Waals surface area contributed by atoms with Gasteiger partial charge in [0.1, 0.15) is 0 Å². The smallest absolute Gasteiger partial charge is 0.253 e. The van der Waals surface area contributed by atoms with E-state index in [0.29, 0.717) is 18.1 Å². The van der Waals surface area contributed by atoms with Crippen molar-refractivity contribution in [1.29, 1.82) is 0 Å². The van der Waals surface area contributed by atoms with Crippen LogP contribution in [0.4, 0.5) is 11.6 Å². The lowest BCUT2D eigenvalue weighted by Gasteiger charge is -2.17. The third-order valence-corrected chi connectivity index (χ3v) is 6.29. The van der Waals surface area contributed by atoms with Crippen molar-refractivity contribution in [2.24, 2.45) is 0 Å². The number of nitrogens with zero attached hydrogens (tertiary/aromatic N) is 4. The maximum Gasteiger partial charge on any atom is 0.253 e. The van der Waals surface area contributed by atoms with Crippen LogP contribution in [0.15, 0.2) is 76.8 Å². The number of carbonyl (C=O) groups excluding carboxylic acids is 1. The van der Waals surface area contributed by atoms with Crippen LogP contribution in [0.2, 0.25) is 0 Å². The van der Waals surface area contributed by atoms with Crippen LogP contribution < -0.4 is 5.32 Å². The predicted octanol–water partition coefficient (Wildman–Crippen LogP) is 5.42. The molecule has 1 amide bonds. The first-order valence-electron chi connectivity index (χ1n) is 9.70. The van der Waals surface area contributed by atoms with Gasteiger partial charge in [0.25, 0.3) is 5.91 Å². The second kappa shape index (κ2) is 9.80. The molecule has 0 saturated heterocycles. The molecule has 4 aromatic rings. The van der Waals surface area contributed by atoms with Crippen molar-refractivity contribution < 1.29 is 4.79 Å². The summed E-state index contributed by atoms with van der Waals surface area (Å²) in [6, 6.07) is 19.0. The summed E-state index contributed by atoms with van der Waals surface area (Å²) in [4.78, 5) is 28.6. The summed E-state index contributed by atoms with van der Waals surface area (Å²) >= 11 is 5.10. The number of benzene rings is 1. The molecule has 0 saturated carbocycles. The minimum atomic E-state index is -0.0241. The Hall–Kier alpha value is -3.10. The van der Waals surface area contributed by atoms with Gasteiger partial charge in [0, 0.05) is 49.4 Å². The standard InChI is InChI=1S/C23H20BrN5OS/c1-29(15-12-17-4-2-3-13-25-17)22(30)16-5-7-18(8-6-16)27-23-26-14-11-19(28-23)20-9-10-21(24)31-20/h2-11,13-14H,12,15H2,1H3,(H,26,27,28). The minimum Gasteiger partial charge on any atom is -0.341 e. The average molecular weight is 494 g/mol. The van der Waals surface area contributed by atoms with Gasteiger partial charge in [-0.25, -0.2) is 9.97 Å². The zero-order chi connectivity index (χ0) is 21.6. The maximum atomic E-state index is 12.7. The molecule has 0 unspecified atom stereocenters. The topological polar surface area (TPSA) is 71.0 Å². The van der Waals surface area contributed by atoms with Crippen LogP contribution in [0.25, 0.3) is 10.6 Å². The third-order valence-electron chi connectivity index (χ3n) is 4.65. The molecule has 1 N–H and O–H groups in total. The van der Waals surface area contributed by atoms with Gasteiger partial charge in [-0.05, 0) is 70.5 Å². The van der Waals surface area contributed by atoms with E-state index in [2.05, 4.69) is 36.2 Å². The maximum absolute atomic E-state index is 12.7. The number of likely N-dealkylation sites (N-methyl/N-ethyl adjacent to an activating group) is 1. The Bertz CT molecular complexity index is 1160. The monoisotopic (exact) mass is 493 g/mol. The molecule has 0 atom stereocenters. The number of nitrogens with one attached hydrogen (secondary N) is 1. The van der Waals surface area contributed by atoms with Gasteiger partial charge in [0.15, 0.2) is 0 Å². The Balaban J connectivity index is 1.38. The van der Waals surface area contributed by atoms with Crippen molar-refractivity contribution in [3.8, 4) is 10.6 Å². The van der Waals surface area contributed by atoms with Crippen LogP contribution in [0.1, 0.15) is 16.1 Å². The number of rotatable bonds is 7. The fraction of sp³-hybridized carbons (Fsp3) is 0.130. The van der Waals surface area contributed by atoms with Crippen molar-refractivity contribution in [1.82, 2.24) is 19.9 Å². The molecule has 0 bridgehead atoms. The number of hydrogen-bond donors (Lipinski definition) is 1. The first kappa shape index (κ1) is 21.1. The lowest BCUT2D eigenvalue weighted by Crippen LogP contribution is -2.28. The molecule has 0 spiro atoms. The molecule has 8 heteroatoms. The van der Waals surface area contributed by atoms with Gasteiger partial charge in [-0.2, -0.15) is 0 Å². The highest BCUT2D eigenvalue weighted by Crippen LogP contribution is 2.30. The van der Waals surface area contributed by atoms with E-state index in [0.717, 1.165) is 32.2 Å². The van der Waals surface area contributed by atoms with E-state index in [4.69, 9.17) is 0 Å². The van der Waals surface area contributed by atoms with Gasteiger partial charge in [-0.3, -0.25) is 9.78 Å². The molecular weight excluding hydrogens is 474 g/mol. The summed E-state index contributed by atoms with van der Waals surface area (Å²) < 4.78 is 1.06. The Kier molecular flexibility index (Phi) is 6.69. The highest BCUT2D eigenvalue weighted by atomic mass is 79.9. The lowest BCUT2D eigenvalue weighted by molar-refractivity contribution is 0.0796. The van der Waals surface area contributed by atoms with Crippen molar-refractivity contribution >= 4 is 44.8 Å². The Morgan fingerprint density at radius 2 is 1.87 bits per heavy atom. The van der Waals surface area contributed by atoms with E-state index >= 15 is 0 Å². The van der Waals surface area contributed by atoms with Crippen molar-refractivity contribution in [3.63, 3.8) is 0 Å². The zero-order valence-corrected chi connectivity index (χ0v) is 19.2. The predicted molar refractivity (Wildman–Crippen MR) is 128 cm³/mol. The van der Waals surface area contributed by atoms with Crippen LogP contribution in [-0.4, -0.2) is 39.4 Å². The zero-order valence-electron chi connectivity index (χ0n) is 16.8. The van der Waals surface area contributed by atoms with Crippen molar-refractivity contribution in [2.45, 2.75) is 6.42 Å². The third kappa shape index (κ3) is 5.53. The highest BCUT2D eigenvalue weighted by Gasteiger charge is 2.12. The van der Waals surface area contributed by atoms with Crippen LogP contribution in [0.5, 0.6) is 0 Å². The summed E-state index contributed by atoms with van der Waals surface area (Å²) in [5, 5.41) is 3.20. The lowest BCUT2D eigenvalue weighted by atomic mass is 10.1. The molecule has 6 nitrogen and oxygen atoms in total. The summed E-state index contributed by atoms with van der Waals surface area (Å²) in [5.41, 5.74) is 3.28. The summed E-state index contributed by atoms with van der Waals surface area (Å²) in [5.74, 6) is 0.484. The highest BCUT2D eigenvalue weighted by molar-refractivity contribution is 9.11. The summed E-state index contributed by atoms with van der Waals surface area (Å²) in [6.07, 6.45) is 4.21. The number of hydrogen-bond acceptors (Lipinski definition) is 6. The molecule has 0 radical (unpaired) electrons. The molecule has 1 aromatic carbocycles. The van der Waals surface area contributed by atoms with E-state index in [1.807, 2.05) is 60.7 Å². The second-order valence-electron chi connectivity index (χ2n) is 6.87. The fourth-order valence-corrected chi connectivity index (χ4v) is 4.34. The summed E-state index contributed by atoms with van der Waals surface area (Å²) in [6.45, 7) is 0.606. The van der Waals surface area contributed by atoms with Crippen molar-refractivity contribution in [3.05, 3.63) is 88.1 Å². The Labute approximate surface area is 193 Å². The van der Waals surface area contributed by atoms with E-state index in [1.165, 1.54) is 0 Å². The molecule has 4 rings (SSSR count). The van der Waals surface area contributed by atoms with E-state index in [9.17, 15) is 4.79 Å². The van der Waals surface area contributed by atoms with Gasteiger partial charge < -0.3 is 10.2 Å². The number of pyridine rings is 1. The second-order valence-corrected chi connectivity index (χ2v) is 9.33. The normalized spacial score (nSPS) is 10.6. The van der Waals surface area contributed by atoms with Crippen molar-refractivity contribution in [2.75, 3.05) is 18.9 Å². The number of halogens is 1. The SMILES string of the molecule is CN(CCc1ccccn1)C(=O)c1ccc(Nc2nccc(-c3ccc(Br)s3)n2)cc1. The first-order chi connectivity index (χ1) is 15.1. The summed E-state index contributed by atoms with van der Waals surface area (Å²) in [7, 11) is 1.81. The molecular formula is C23H20BrN5OS. The van der Waals surface area contributed by atoms with Gasteiger partial charge in [0.05, 0.1) is 14.4 Å². The quantitative estimate of drug-likeness (QED) is 0.372. The molecule has 3 aromatic heterocycles. The number of carbonyl (C=O) groups is 1. The fourth-order valence-electron chi connectivity index (χ4n) is 2.98. The minimum absolute atomic E-state index is 0.0241. The van der Waals surface area contributed by atoms with E-state index in [1.54, 1.807) is 35.7 Å². The largest absolute Gasteiger partial charge is 0.341 e. The van der Waals surface area contributed by atoms with Crippen LogP contribution in [0.3, 0.4) is 0 Å². The van der Waals surface area contributed by atoms with E-state index < -0.39 is 0 Å². The Morgan fingerprint density at radius 3 is 2.58 bits per heavy atom. The average Bonchev–Trinajstić information content (AvgIpc) is 3.25. The number of amides is 1. The molecule has 156 valence electrons.